The topological polar surface area (TPSA) is 92.5 Å². The van der Waals surface area contributed by atoms with Gasteiger partial charge in [-0.1, -0.05) is 19.3 Å². The summed E-state index contributed by atoms with van der Waals surface area (Å²) in [6.07, 6.45) is 4.39. The Hall–Kier alpha value is -1.95. The van der Waals surface area contributed by atoms with E-state index in [0.717, 1.165) is 19.3 Å². The second-order valence-corrected chi connectivity index (χ2v) is 6.58. The maximum atomic E-state index is 12.5. The van der Waals surface area contributed by atoms with Crippen LogP contribution in [0.15, 0.2) is 6.07 Å². The number of carbonyl (C=O) groups excluding carboxylic acids is 1. The SMILES string of the molecule is Cc1cc(C)c([N+](=O)[O-])c(C)c1C(=O)NCC1(O)CCCCC1. The van der Waals surface area contributed by atoms with Crippen LogP contribution in [0.5, 0.6) is 0 Å². The Labute approximate surface area is 136 Å². The monoisotopic (exact) mass is 320 g/mol. The maximum Gasteiger partial charge on any atom is 0.275 e. The summed E-state index contributed by atoms with van der Waals surface area (Å²) in [5, 5.41) is 24.5. The molecule has 1 aliphatic carbocycles. The molecule has 23 heavy (non-hydrogen) atoms. The summed E-state index contributed by atoms with van der Waals surface area (Å²) >= 11 is 0. The zero-order chi connectivity index (χ0) is 17.2. The first-order valence-corrected chi connectivity index (χ1v) is 8.01. The third kappa shape index (κ3) is 3.69. The lowest BCUT2D eigenvalue weighted by molar-refractivity contribution is -0.386. The van der Waals surface area contributed by atoms with E-state index >= 15 is 0 Å². The Morgan fingerprint density at radius 3 is 2.43 bits per heavy atom. The molecule has 2 rings (SSSR count). The van der Waals surface area contributed by atoms with Gasteiger partial charge in [0.15, 0.2) is 0 Å². The predicted octanol–water partition coefficient (Wildman–Crippen LogP) is 2.95. The van der Waals surface area contributed by atoms with E-state index < -0.39 is 10.5 Å². The minimum Gasteiger partial charge on any atom is -0.388 e. The Balaban J connectivity index is 2.22. The number of nitrogens with zero attached hydrogens (tertiary/aromatic N) is 1. The molecule has 6 heteroatoms. The van der Waals surface area contributed by atoms with Crippen LogP contribution in [-0.4, -0.2) is 28.1 Å². The van der Waals surface area contributed by atoms with Gasteiger partial charge in [-0.15, -0.1) is 0 Å². The Bertz CT molecular complexity index is 634. The highest BCUT2D eigenvalue weighted by molar-refractivity contribution is 5.98. The molecule has 0 unspecified atom stereocenters. The molecular formula is C17H24N2O4. The highest BCUT2D eigenvalue weighted by Gasteiger charge is 2.30. The summed E-state index contributed by atoms with van der Waals surface area (Å²) < 4.78 is 0. The van der Waals surface area contributed by atoms with Crippen molar-refractivity contribution >= 4 is 11.6 Å². The van der Waals surface area contributed by atoms with Gasteiger partial charge in [-0.25, -0.2) is 0 Å². The number of nitro groups is 1. The number of nitro benzene ring substituents is 1. The Morgan fingerprint density at radius 2 is 1.87 bits per heavy atom. The van der Waals surface area contributed by atoms with Crippen molar-refractivity contribution < 1.29 is 14.8 Å². The van der Waals surface area contributed by atoms with Gasteiger partial charge in [-0.2, -0.15) is 0 Å². The van der Waals surface area contributed by atoms with Gasteiger partial charge in [0.2, 0.25) is 0 Å². The summed E-state index contributed by atoms with van der Waals surface area (Å²) in [6, 6.07) is 1.66. The number of hydrogen-bond acceptors (Lipinski definition) is 4. The summed E-state index contributed by atoms with van der Waals surface area (Å²) in [4.78, 5) is 23.3. The lowest BCUT2D eigenvalue weighted by Gasteiger charge is -2.32. The molecule has 1 saturated carbocycles. The van der Waals surface area contributed by atoms with Crippen molar-refractivity contribution in [3.63, 3.8) is 0 Å². The molecule has 0 bridgehead atoms. The molecule has 0 saturated heterocycles. The molecule has 1 aromatic rings. The average molecular weight is 320 g/mol. The molecule has 0 aliphatic heterocycles. The van der Waals surface area contributed by atoms with Gasteiger partial charge in [-0.3, -0.25) is 14.9 Å². The van der Waals surface area contributed by atoms with E-state index in [-0.39, 0.29) is 18.1 Å². The van der Waals surface area contributed by atoms with Crippen molar-refractivity contribution in [2.45, 2.75) is 58.5 Å². The number of amides is 1. The average Bonchev–Trinajstić information content (AvgIpc) is 2.45. The van der Waals surface area contributed by atoms with Crippen LogP contribution in [0, 0.1) is 30.9 Å². The van der Waals surface area contributed by atoms with Gasteiger partial charge in [0.25, 0.3) is 11.6 Å². The fourth-order valence-corrected chi connectivity index (χ4v) is 3.53. The normalized spacial score (nSPS) is 16.9. The fourth-order valence-electron chi connectivity index (χ4n) is 3.53. The lowest BCUT2D eigenvalue weighted by atomic mass is 9.85. The first-order valence-electron chi connectivity index (χ1n) is 8.01. The van der Waals surface area contributed by atoms with Crippen molar-refractivity contribution in [3.8, 4) is 0 Å². The highest BCUT2D eigenvalue weighted by Crippen LogP contribution is 2.30. The molecule has 0 aromatic heterocycles. The van der Waals surface area contributed by atoms with E-state index in [2.05, 4.69) is 5.32 Å². The zero-order valence-electron chi connectivity index (χ0n) is 13.9. The Kier molecular flexibility index (Phi) is 5.04. The first kappa shape index (κ1) is 17.4. The smallest absolute Gasteiger partial charge is 0.275 e. The summed E-state index contributed by atoms with van der Waals surface area (Å²) in [6.45, 7) is 5.23. The zero-order valence-corrected chi connectivity index (χ0v) is 13.9. The molecule has 1 amide bonds. The molecule has 6 nitrogen and oxygen atoms in total. The van der Waals surface area contributed by atoms with Crippen LogP contribution in [0.3, 0.4) is 0 Å². The van der Waals surface area contributed by atoms with Crippen LogP contribution in [0.1, 0.15) is 59.2 Å². The molecule has 0 radical (unpaired) electrons. The number of carbonyl (C=O) groups is 1. The van der Waals surface area contributed by atoms with E-state index in [1.807, 2.05) is 0 Å². The van der Waals surface area contributed by atoms with Crippen LogP contribution in [0.4, 0.5) is 5.69 Å². The van der Waals surface area contributed by atoms with Crippen molar-refractivity contribution in [2.24, 2.45) is 0 Å². The molecule has 126 valence electrons. The highest BCUT2D eigenvalue weighted by atomic mass is 16.6. The van der Waals surface area contributed by atoms with E-state index in [1.54, 1.807) is 26.8 Å². The molecular weight excluding hydrogens is 296 g/mol. The van der Waals surface area contributed by atoms with Crippen LogP contribution in [0.2, 0.25) is 0 Å². The van der Waals surface area contributed by atoms with Gasteiger partial charge in [0, 0.05) is 17.7 Å². The number of hydrogen-bond donors (Lipinski definition) is 2. The van der Waals surface area contributed by atoms with Gasteiger partial charge >= 0.3 is 0 Å². The molecule has 0 heterocycles. The van der Waals surface area contributed by atoms with Crippen LogP contribution >= 0.6 is 0 Å². The summed E-state index contributed by atoms with van der Waals surface area (Å²) in [7, 11) is 0. The minimum absolute atomic E-state index is 0.0165. The van der Waals surface area contributed by atoms with Crippen molar-refractivity contribution in [1.29, 1.82) is 0 Å². The minimum atomic E-state index is -0.855. The number of nitrogens with one attached hydrogen (secondary N) is 1. The van der Waals surface area contributed by atoms with Crippen LogP contribution in [0.25, 0.3) is 0 Å². The molecule has 0 spiro atoms. The lowest BCUT2D eigenvalue weighted by Crippen LogP contribution is -2.44. The molecule has 1 aromatic carbocycles. The largest absolute Gasteiger partial charge is 0.388 e. The van der Waals surface area contributed by atoms with Gasteiger partial charge in [-0.05, 0) is 45.2 Å². The number of aliphatic hydroxyl groups is 1. The standard InChI is InChI=1S/C17H24N2O4/c1-11-9-12(2)15(19(22)23)13(3)14(11)16(20)18-10-17(21)7-5-4-6-8-17/h9,21H,4-8,10H2,1-3H3,(H,18,20). The van der Waals surface area contributed by atoms with Crippen molar-refractivity contribution in [2.75, 3.05) is 6.54 Å². The fraction of sp³-hybridized carbons (Fsp3) is 0.588. The first-order chi connectivity index (χ1) is 10.7. The molecule has 1 aliphatic rings. The second-order valence-electron chi connectivity index (χ2n) is 6.58. The summed E-state index contributed by atoms with van der Waals surface area (Å²) in [5.41, 5.74) is 1.09. The van der Waals surface area contributed by atoms with E-state index in [0.29, 0.717) is 35.1 Å². The van der Waals surface area contributed by atoms with Crippen LogP contribution < -0.4 is 5.32 Å². The quantitative estimate of drug-likeness (QED) is 0.659. The second kappa shape index (κ2) is 6.66. The predicted molar refractivity (Wildman–Crippen MR) is 87.7 cm³/mol. The van der Waals surface area contributed by atoms with Gasteiger partial charge in [0.05, 0.1) is 16.1 Å². The number of aryl methyl sites for hydroxylation is 2. The van der Waals surface area contributed by atoms with Crippen molar-refractivity contribution in [3.05, 3.63) is 38.4 Å². The van der Waals surface area contributed by atoms with E-state index in [4.69, 9.17) is 0 Å². The molecule has 0 atom stereocenters. The number of benzene rings is 1. The summed E-state index contributed by atoms with van der Waals surface area (Å²) in [5.74, 6) is -0.359. The van der Waals surface area contributed by atoms with E-state index in [9.17, 15) is 20.0 Å². The van der Waals surface area contributed by atoms with Gasteiger partial charge < -0.3 is 10.4 Å². The Morgan fingerprint density at radius 1 is 1.26 bits per heavy atom. The molecule has 2 N–H and O–H groups in total. The van der Waals surface area contributed by atoms with Gasteiger partial charge in [0.1, 0.15) is 0 Å². The third-order valence-corrected chi connectivity index (χ3v) is 4.70. The molecule has 1 fully saturated rings. The number of rotatable bonds is 4. The van der Waals surface area contributed by atoms with E-state index in [1.165, 1.54) is 0 Å². The third-order valence-electron chi connectivity index (χ3n) is 4.70. The van der Waals surface area contributed by atoms with Crippen molar-refractivity contribution in [1.82, 2.24) is 5.32 Å². The van der Waals surface area contributed by atoms with Crippen LogP contribution in [-0.2, 0) is 0 Å². The maximum absolute atomic E-state index is 12.5.